The third-order valence-electron chi connectivity index (χ3n) is 6.84. The van der Waals surface area contributed by atoms with Crippen LogP contribution in [0.4, 0.5) is 5.95 Å². The molecule has 0 N–H and O–H groups in total. The Bertz CT molecular complexity index is 823. The van der Waals surface area contributed by atoms with Gasteiger partial charge in [-0.3, -0.25) is 4.79 Å². The van der Waals surface area contributed by atoms with Crippen molar-refractivity contribution in [1.82, 2.24) is 19.2 Å². The van der Waals surface area contributed by atoms with Gasteiger partial charge in [-0.2, -0.15) is 0 Å². The number of hydrogen-bond acceptors (Lipinski definition) is 6. The fourth-order valence-electron chi connectivity index (χ4n) is 5.32. The zero-order valence-corrected chi connectivity index (χ0v) is 16.8. The van der Waals surface area contributed by atoms with E-state index in [1.54, 1.807) is 22.8 Å². The number of sulfonamides is 1. The monoisotopic (exact) mass is 393 g/mol. The van der Waals surface area contributed by atoms with Crippen LogP contribution in [0.2, 0.25) is 0 Å². The van der Waals surface area contributed by atoms with Gasteiger partial charge in [0.05, 0.1) is 11.7 Å². The van der Waals surface area contributed by atoms with E-state index in [0.29, 0.717) is 51.5 Å². The SMILES string of the molecule is CCN1CC[C@@]2(CN(c3ncccn3)CC23CCN(S(C)(=O)=O)CC3)C1=O. The molecule has 2 spiro atoms. The molecule has 148 valence electrons. The van der Waals surface area contributed by atoms with Crippen LogP contribution in [0, 0.1) is 10.8 Å². The van der Waals surface area contributed by atoms with Crippen molar-refractivity contribution in [2.45, 2.75) is 26.2 Å². The molecular formula is C18H27N5O3S. The summed E-state index contributed by atoms with van der Waals surface area (Å²) in [6.07, 6.45) is 6.93. The molecule has 0 bridgehead atoms. The molecule has 0 aromatic carbocycles. The minimum Gasteiger partial charge on any atom is -0.342 e. The van der Waals surface area contributed by atoms with Gasteiger partial charge in [-0.15, -0.1) is 0 Å². The summed E-state index contributed by atoms with van der Waals surface area (Å²) < 4.78 is 25.5. The lowest BCUT2D eigenvalue weighted by Gasteiger charge is -2.46. The van der Waals surface area contributed by atoms with Crippen LogP contribution in [-0.4, -0.2) is 79.0 Å². The van der Waals surface area contributed by atoms with Gasteiger partial charge in [0.1, 0.15) is 0 Å². The van der Waals surface area contributed by atoms with Crippen molar-refractivity contribution in [2.75, 3.05) is 50.4 Å². The highest BCUT2D eigenvalue weighted by Crippen LogP contribution is 2.58. The fourth-order valence-corrected chi connectivity index (χ4v) is 6.17. The van der Waals surface area contributed by atoms with Crippen molar-refractivity contribution in [3.63, 3.8) is 0 Å². The summed E-state index contributed by atoms with van der Waals surface area (Å²) >= 11 is 0. The summed E-state index contributed by atoms with van der Waals surface area (Å²) in [5.41, 5.74) is -0.694. The van der Waals surface area contributed by atoms with Gasteiger partial charge in [0, 0.05) is 57.1 Å². The van der Waals surface area contributed by atoms with Crippen molar-refractivity contribution in [1.29, 1.82) is 0 Å². The number of hydrogen-bond donors (Lipinski definition) is 0. The highest BCUT2D eigenvalue weighted by atomic mass is 32.2. The average molecular weight is 394 g/mol. The largest absolute Gasteiger partial charge is 0.342 e. The number of likely N-dealkylation sites (tertiary alicyclic amines) is 1. The molecule has 1 atom stereocenters. The quantitative estimate of drug-likeness (QED) is 0.747. The standard InChI is InChI=1S/C18H27N5O3S/c1-3-21-10-7-18(15(21)24)14-22(16-19-8-4-9-20-16)13-17(18)5-11-23(12-6-17)27(2,25)26/h4,8-9H,3,5-7,10-14H2,1-2H3/t18-/m1/s1. The first-order valence-corrected chi connectivity index (χ1v) is 11.4. The summed E-state index contributed by atoms with van der Waals surface area (Å²) in [7, 11) is -3.20. The van der Waals surface area contributed by atoms with E-state index in [1.165, 1.54) is 6.26 Å². The molecule has 1 aromatic heterocycles. The van der Waals surface area contributed by atoms with Crippen LogP contribution in [0.15, 0.2) is 18.5 Å². The van der Waals surface area contributed by atoms with Crippen molar-refractivity contribution in [3.05, 3.63) is 18.5 Å². The first-order valence-electron chi connectivity index (χ1n) is 9.58. The molecule has 1 aromatic rings. The van der Waals surface area contributed by atoms with Crippen molar-refractivity contribution < 1.29 is 13.2 Å². The number of nitrogens with zero attached hydrogens (tertiary/aromatic N) is 5. The van der Waals surface area contributed by atoms with E-state index >= 15 is 0 Å². The zero-order valence-electron chi connectivity index (χ0n) is 16.0. The Morgan fingerprint density at radius 1 is 1.07 bits per heavy atom. The van der Waals surface area contributed by atoms with Crippen LogP contribution in [0.25, 0.3) is 0 Å². The fraction of sp³-hybridized carbons (Fsp3) is 0.722. The van der Waals surface area contributed by atoms with Gasteiger partial charge in [0.25, 0.3) is 0 Å². The molecule has 3 fully saturated rings. The average Bonchev–Trinajstić information content (AvgIpc) is 3.15. The van der Waals surface area contributed by atoms with Crippen LogP contribution in [0.5, 0.6) is 0 Å². The maximum absolute atomic E-state index is 13.4. The van der Waals surface area contributed by atoms with E-state index in [9.17, 15) is 13.2 Å². The normalized spacial score (nSPS) is 28.6. The molecule has 0 saturated carbocycles. The molecule has 3 aliphatic rings. The van der Waals surface area contributed by atoms with Gasteiger partial charge in [0.15, 0.2) is 0 Å². The van der Waals surface area contributed by atoms with E-state index in [-0.39, 0.29) is 11.3 Å². The van der Waals surface area contributed by atoms with Gasteiger partial charge in [-0.25, -0.2) is 22.7 Å². The Balaban J connectivity index is 1.69. The van der Waals surface area contributed by atoms with E-state index in [0.717, 1.165) is 13.0 Å². The van der Waals surface area contributed by atoms with Crippen molar-refractivity contribution in [3.8, 4) is 0 Å². The van der Waals surface area contributed by atoms with Crippen LogP contribution < -0.4 is 4.90 Å². The molecule has 1 amide bonds. The highest BCUT2D eigenvalue weighted by molar-refractivity contribution is 7.88. The maximum atomic E-state index is 13.4. The van der Waals surface area contributed by atoms with E-state index in [4.69, 9.17) is 0 Å². The number of fused-ring (bicyclic) bond motifs is 1. The van der Waals surface area contributed by atoms with Crippen LogP contribution >= 0.6 is 0 Å². The summed E-state index contributed by atoms with van der Waals surface area (Å²) in [5.74, 6) is 0.873. The Kier molecular flexibility index (Phi) is 4.42. The molecule has 3 saturated heterocycles. The predicted molar refractivity (Wildman–Crippen MR) is 102 cm³/mol. The van der Waals surface area contributed by atoms with Gasteiger partial charge in [-0.05, 0) is 32.3 Å². The predicted octanol–water partition coefficient (Wildman–Crippen LogP) is 0.577. The van der Waals surface area contributed by atoms with Crippen LogP contribution in [0.1, 0.15) is 26.2 Å². The number of rotatable bonds is 3. The lowest BCUT2D eigenvalue weighted by atomic mass is 9.60. The van der Waals surface area contributed by atoms with Crippen LogP contribution in [-0.2, 0) is 14.8 Å². The number of carbonyl (C=O) groups is 1. The summed E-state index contributed by atoms with van der Waals surface area (Å²) in [6, 6.07) is 1.79. The number of carbonyl (C=O) groups excluding carboxylic acids is 1. The Labute approximate surface area is 160 Å². The molecule has 8 nitrogen and oxygen atoms in total. The first kappa shape index (κ1) is 18.6. The molecule has 27 heavy (non-hydrogen) atoms. The zero-order chi connectivity index (χ0) is 19.3. The number of amides is 1. The second-order valence-corrected chi connectivity index (χ2v) is 10.0. The molecule has 4 heterocycles. The van der Waals surface area contributed by atoms with Gasteiger partial charge in [0.2, 0.25) is 21.9 Å². The van der Waals surface area contributed by atoms with E-state index < -0.39 is 15.4 Å². The molecule has 0 aliphatic carbocycles. The molecule has 3 aliphatic heterocycles. The Morgan fingerprint density at radius 2 is 1.74 bits per heavy atom. The first-order chi connectivity index (χ1) is 12.8. The van der Waals surface area contributed by atoms with Gasteiger partial charge in [-0.1, -0.05) is 0 Å². The molecule has 0 unspecified atom stereocenters. The summed E-state index contributed by atoms with van der Waals surface area (Å²) in [6.45, 7) is 5.78. The third kappa shape index (κ3) is 2.82. The Hall–Kier alpha value is -1.74. The minimum absolute atomic E-state index is 0.219. The molecule has 0 radical (unpaired) electrons. The maximum Gasteiger partial charge on any atom is 0.231 e. The summed E-state index contributed by atoms with van der Waals surface area (Å²) in [5, 5.41) is 0. The summed E-state index contributed by atoms with van der Waals surface area (Å²) in [4.78, 5) is 26.3. The topological polar surface area (TPSA) is 86.7 Å². The number of anilines is 1. The third-order valence-corrected chi connectivity index (χ3v) is 8.14. The lowest BCUT2D eigenvalue weighted by Crippen LogP contribution is -2.53. The lowest BCUT2D eigenvalue weighted by molar-refractivity contribution is -0.141. The Morgan fingerprint density at radius 3 is 2.30 bits per heavy atom. The molecule has 4 rings (SSSR count). The second-order valence-electron chi connectivity index (χ2n) is 8.06. The number of aromatic nitrogens is 2. The molecular weight excluding hydrogens is 366 g/mol. The van der Waals surface area contributed by atoms with Crippen LogP contribution in [0.3, 0.4) is 0 Å². The molecule has 9 heteroatoms. The van der Waals surface area contributed by atoms with E-state index in [1.807, 2.05) is 11.8 Å². The smallest absolute Gasteiger partial charge is 0.231 e. The van der Waals surface area contributed by atoms with Crippen molar-refractivity contribution >= 4 is 21.9 Å². The highest BCUT2D eigenvalue weighted by Gasteiger charge is 2.65. The van der Waals surface area contributed by atoms with E-state index in [2.05, 4.69) is 14.9 Å². The number of piperidine rings is 1. The second kappa shape index (κ2) is 6.41. The minimum atomic E-state index is -3.20. The van der Waals surface area contributed by atoms with Gasteiger partial charge >= 0.3 is 0 Å². The van der Waals surface area contributed by atoms with Gasteiger partial charge < -0.3 is 9.80 Å². The van der Waals surface area contributed by atoms with Crippen molar-refractivity contribution in [2.24, 2.45) is 10.8 Å².